The van der Waals surface area contributed by atoms with Crippen molar-refractivity contribution in [3.8, 4) is 0 Å². The van der Waals surface area contributed by atoms with Crippen molar-refractivity contribution in [2.75, 3.05) is 13.1 Å². The molecule has 2 atom stereocenters. The molecule has 1 heterocycles. The van der Waals surface area contributed by atoms with E-state index in [1.807, 2.05) is 0 Å². The molecule has 11 heavy (non-hydrogen) atoms. The smallest absolute Gasteiger partial charge is 0.00791 e. The van der Waals surface area contributed by atoms with E-state index in [4.69, 9.17) is 0 Å². The van der Waals surface area contributed by atoms with Gasteiger partial charge in [-0.05, 0) is 39.3 Å². The number of hydrogen-bond acceptors (Lipinski definition) is 2. The highest BCUT2D eigenvalue weighted by Crippen LogP contribution is 2.09. The van der Waals surface area contributed by atoms with Crippen molar-refractivity contribution in [1.29, 1.82) is 0 Å². The molecule has 1 fully saturated rings. The fraction of sp³-hybridized carbons (Fsp3) is 1.00. The summed E-state index contributed by atoms with van der Waals surface area (Å²) in [4.78, 5) is 0. The van der Waals surface area contributed by atoms with E-state index in [1.165, 1.54) is 6.42 Å². The normalized spacial score (nSPS) is 41.2. The Balaban J connectivity index is 2.42. The van der Waals surface area contributed by atoms with Gasteiger partial charge in [0.25, 0.3) is 0 Å². The van der Waals surface area contributed by atoms with Gasteiger partial charge in [-0.15, -0.1) is 0 Å². The van der Waals surface area contributed by atoms with Crippen LogP contribution in [0.1, 0.15) is 27.2 Å². The van der Waals surface area contributed by atoms with E-state index in [9.17, 15) is 0 Å². The predicted octanol–water partition coefficient (Wildman–Crippen LogP) is 0.982. The van der Waals surface area contributed by atoms with E-state index in [0.29, 0.717) is 12.1 Å². The SMILES string of the molecule is CC1NCCCNC(C)C1C. The molecule has 1 saturated heterocycles. The molecule has 0 aromatic rings. The van der Waals surface area contributed by atoms with Crippen molar-refractivity contribution >= 4 is 0 Å². The van der Waals surface area contributed by atoms with E-state index in [2.05, 4.69) is 31.4 Å². The van der Waals surface area contributed by atoms with Crippen LogP contribution in [0.2, 0.25) is 0 Å². The maximum absolute atomic E-state index is 3.52. The largest absolute Gasteiger partial charge is 0.314 e. The summed E-state index contributed by atoms with van der Waals surface area (Å²) >= 11 is 0. The first-order valence-electron chi connectivity index (χ1n) is 4.68. The summed E-state index contributed by atoms with van der Waals surface area (Å²) in [6, 6.07) is 1.30. The van der Waals surface area contributed by atoms with Crippen LogP contribution in [0.15, 0.2) is 0 Å². The first kappa shape index (κ1) is 9.01. The summed E-state index contributed by atoms with van der Waals surface area (Å²) in [5.74, 6) is 0.732. The first-order chi connectivity index (χ1) is 5.22. The Hall–Kier alpha value is -0.0800. The molecule has 2 heteroatoms. The fourth-order valence-electron chi connectivity index (χ4n) is 1.55. The van der Waals surface area contributed by atoms with Crippen molar-refractivity contribution in [2.24, 2.45) is 5.92 Å². The molecule has 0 amide bonds. The predicted molar refractivity (Wildman–Crippen MR) is 48.7 cm³/mol. The zero-order chi connectivity index (χ0) is 8.27. The molecule has 2 unspecified atom stereocenters. The van der Waals surface area contributed by atoms with E-state index in [-0.39, 0.29) is 0 Å². The molecule has 0 aliphatic carbocycles. The minimum absolute atomic E-state index is 0.651. The van der Waals surface area contributed by atoms with Gasteiger partial charge in [0.15, 0.2) is 0 Å². The molecule has 2 N–H and O–H groups in total. The summed E-state index contributed by atoms with van der Waals surface area (Å²) in [7, 11) is 0. The molecule has 0 saturated carbocycles. The lowest BCUT2D eigenvalue weighted by molar-refractivity contribution is 0.292. The van der Waals surface area contributed by atoms with E-state index in [1.54, 1.807) is 0 Å². The Morgan fingerprint density at radius 3 is 1.82 bits per heavy atom. The molecule has 1 rings (SSSR count). The van der Waals surface area contributed by atoms with Gasteiger partial charge in [-0.1, -0.05) is 6.92 Å². The number of rotatable bonds is 0. The lowest BCUT2D eigenvalue weighted by atomic mass is 9.95. The van der Waals surface area contributed by atoms with Gasteiger partial charge in [0, 0.05) is 12.1 Å². The van der Waals surface area contributed by atoms with Crippen LogP contribution in [0.4, 0.5) is 0 Å². The maximum atomic E-state index is 3.52. The molecule has 2 nitrogen and oxygen atoms in total. The maximum Gasteiger partial charge on any atom is 0.00791 e. The minimum Gasteiger partial charge on any atom is -0.314 e. The Morgan fingerprint density at radius 1 is 0.909 bits per heavy atom. The third-order valence-electron chi connectivity index (χ3n) is 2.86. The van der Waals surface area contributed by atoms with Gasteiger partial charge in [0.2, 0.25) is 0 Å². The van der Waals surface area contributed by atoms with Crippen LogP contribution in [-0.4, -0.2) is 25.2 Å². The minimum atomic E-state index is 0.651. The number of hydrogen-bond donors (Lipinski definition) is 2. The van der Waals surface area contributed by atoms with Gasteiger partial charge < -0.3 is 10.6 Å². The van der Waals surface area contributed by atoms with E-state index >= 15 is 0 Å². The van der Waals surface area contributed by atoms with Crippen LogP contribution >= 0.6 is 0 Å². The van der Waals surface area contributed by atoms with Crippen LogP contribution in [-0.2, 0) is 0 Å². The van der Waals surface area contributed by atoms with E-state index < -0.39 is 0 Å². The summed E-state index contributed by atoms with van der Waals surface area (Å²) in [6.07, 6.45) is 1.25. The zero-order valence-corrected chi connectivity index (χ0v) is 7.85. The van der Waals surface area contributed by atoms with Crippen LogP contribution in [0.3, 0.4) is 0 Å². The lowest BCUT2D eigenvalue weighted by Crippen LogP contribution is -2.47. The van der Waals surface area contributed by atoms with Crippen molar-refractivity contribution in [3.63, 3.8) is 0 Å². The van der Waals surface area contributed by atoms with E-state index in [0.717, 1.165) is 19.0 Å². The summed E-state index contributed by atoms with van der Waals surface area (Å²) in [6.45, 7) is 9.17. The Bertz CT molecular complexity index is 102. The molecule has 1 aliphatic rings. The molecule has 0 aromatic carbocycles. The van der Waals surface area contributed by atoms with Gasteiger partial charge in [-0.3, -0.25) is 0 Å². The Kier molecular flexibility index (Phi) is 3.34. The second-order valence-corrected chi connectivity index (χ2v) is 3.70. The van der Waals surface area contributed by atoms with Crippen LogP contribution in [0, 0.1) is 5.92 Å². The molecule has 1 aliphatic heterocycles. The second kappa shape index (κ2) is 4.07. The highest BCUT2D eigenvalue weighted by molar-refractivity contribution is 4.79. The van der Waals surface area contributed by atoms with Crippen molar-refractivity contribution < 1.29 is 0 Å². The molecule has 0 spiro atoms. The van der Waals surface area contributed by atoms with Gasteiger partial charge in [0.1, 0.15) is 0 Å². The zero-order valence-electron chi connectivity index (χ0n) is 7.85. The van der Waals surface area contributed by atoms with Gasteiger partial charge in [0.05, 0.1) is 0 Å². The highest BCUT2D eigenvalue weighted by atomic mass is 15.0. The summed E-state index contributed by atoms with van der Waals surface area (Å²) in [5, 5.41) is 7.05. The third kappa shape index (κ3) is 2.46. The van der Waals surface area contributed by atoms with Crippen molar-refractivity contribution in [1.82, 2.24) is 10.6 Å². The summed E-state index contributed by atoms with van der Waals surface area (Å²) in [5.41, 5.74) is 0. The third-order valence-corrected chi connectivity index (χ3v) is 2.86. The standard InChI is InChI=1S/C9H20N2/c1-7-8(2)10-5-4-6-11-9(7)3/h7-11H,4-6H2,1-3H3. The van der Waals surface area contributed by atoms with Gasteiger partial charge in [-0.25, -0.2) is 0 Å². The lowest BCUT2D eigenvalue weighted by Gasteiger charge is -2.30. The van der Waals surface area contributed by atoms with Crippen LogP contribution in [0.25, 0.3) is 0 Å². The topological polar surface area (TPSA) is 24.1 Å². The summed E-state index contributed by atoms with van der Waals surface area (Å²) < 4.78 is 0. The molecular weight excluding hydrogens is 136 g/mol. The monoisotopic (exact) mass is 156 g/mol. The van der Waals surface area contributed by atoms with Gasteiger partial charge in [-0.2, -0.15) is 0 Å². The molecule has 0 radical (unpaired) electrons. The van der Waals surface area contributed by atoms with Crippen LogP contribution in [0.5, 0.6) is 0 Å². The van der Waals surface area contributed by atoms with Crippen LogP contribution < -0.4 is 10.6 Å². The van der Waals surface area contributed by atoms with Gasteiger partial charge >= 0.3 is 0 Å². The molecule has 0 bridgehead atoms. The highest BCUT2D eigenvalue weighted by Gasteiger charge is 2.19. The Labute approximate surface area is 69.8 Å². The molecular formula is C9H20N2. The molecule has 66 valence electrons. The average molecular weight is 156 g/mol. The van der Waals surface area contributed by atoms with Crippen molar-refractivity contribution in [3.05, 3.63) is 0 Å². The Morgan fingerprint density at radius 2 is 1.36 bits per heavy atom. The number of nitrogens with one attached hydrogen (secondary N) is 2. The first-order valence-corrected chi connectivity index (χ1v) is 4.68. The fourth-order valence-corrected chi connectivity index (χ4v) is 1.55. The quantitative estimate of drug-likeness (QED) is 0.546. The van der Waals surface area contributed by atoms with Crippen molar-refractivity contribution in [2.45, 2.75) is 39.3 Å². The second-order valence-electron chi connectivity index (χ2n) is 3.70. The molecule has 0 aromatic heterocycles. The average Bonchev–Trinajstić information content (AvgIpc) is 2.00.